The summed E-state index contributed by atoms with van der Waals surface area (Å²) in [4.78, 5) is 35.8. The summed E-state index contributed by atoms with van der Waals surface area (Å²) >= 11 is 4.19. The number of likely N-dealkylation sites (tertiary alicyclic amines) is 1. The topological polar surface area (TPSA) is 158 Å². The molecule has 1 amide bonds. The number of nitro groups is 1. The normalized spacial score (nSPS) is 19.1. The van der Waals surface area contributed by atoms with Crippen LogP contribution >= 0.6 is 11.6 Å². The quantitative estimate of drug-likeness (QED) is 0.0595. The number of fused-ring (bicyclic) bond motifs is 1. The molecule has 5 aromatic rings. The number of H-pyrrole nitrogens is 1. The fourth-order valence-electron chi connectivity index (χ4n) is 9.58. The van der Waals surface area contributed by atoms with Gasteiger partial charge in [-0.2, -0.15) is 4.72 Å². The molecule has 4 aliphatic rings. The Balaban J connectivity index is 0.908. The Labute approximate surface area is 363 Å². The number of allylic oxidation sites excluding steroid dienone is 1. The number of aromatic amines is 1. The molecular formula is C47H51ClN6O6S. The van der Waals surface area contributed by atoms with Gasteiger partial charge in [0.05, 0.1) is 22.7 Å². The number of carbonyl (C=O) groups excluding carboxylic acids is 1. The second kappa shape index (κ2) is 18.2. The van der Waals surface area contributed by atoms with Crippen molar-refractivity contribution in [2.75, 3.05) is 44.7 Å². The van der Waals surface area contributed by atoms with E-state index in [-0.39, 0.29) is 22.1 Å². The Kier molecular flexibility index (Phi) is 12.4. The number of benzene rings is 3. The van der Waals surface area contributed by atoms with E-state index in [9.17, 15) is 19.5 Å². The van der Waals surface area contributed by atoms with Crippen LogP contribution in [0.1, 0.15) is 91.6 Å². The molecule has 3 fully saturated rings. The summed E-state index contributed by atoms with van der Waals surface area (Å²) in [5, 5.41) is 16.9. The number of nitrogens with zero attached hydrogens (tertiary/aromatic N) is 3. The minimum Gasteiger partial charge on any atom is -0.588 e. The monoisotopic (exact) mass is 862 g/mol. The number of hydrogen-bond acceptors (Lipinski definition) is 9. The van der Waals surface area contributed by atoms with Crippen molar-refractivity contribution in [2.45, 2.75) is 75.0 Å². The van der Waals surface area contributed by atoms with Gasteiger partial charge < -0.3 is 24.3 Å². The van der Waals surface area contributed by atoms with E-state index in [4.69, 9.17) is 21.1 Å². The number of aromatic nitrogens is 2. The number of ether oxygens (including phenoxy) is 2. The van der Waals surface area contributed by atoms with Crippen molar-refractivity contribution >= 4 is 56.9 Å². The number of nitro benzene ring substituents is 1. The second-order valence-electron chi connectivity index (χ2n) is 17.2. The van der Waals surface area contributed by atoms with Crippen LogP contribution in [0.5, 0.6) is 11.5 Å². The number of rotatable bonds is 13. The molecular weight excluding hydrogens is 812 g/mol. The standard InChI is InChI=1S/C47H51ClN6O6S/c48-37-5-2-33(3-6-37)41-27-47(16-1-17-47)18-10-36(41)30-53-20-12-32(13-21-53)34-4-8-40(44(25-34)60-38-24-35-11-19-49-45(35)51-29-38)46(55)52-61(58)39-7-9-42(43(26-39)54(56)57)50-28-31-14-22-59-23-15-31/h2-9,11,19,24-26,29,31-32,50H,1,10,12-18,20-23,27-28,30H2,(H,49,51)(H,52,55). The Morgan fingerprint density at radius 1 is 1.02 bits per heavy atom. The first-order valence-corrected chi connectivity index (χ1v) is 23.0. The fraction of sp³-hybridized carbons (Fsp3) is 0.404. The van der Waals surface area contributed by atoms with Gasteiger partial charge in [0.1, 0.15) is 34.2 Å². The number of anilines is 1. The zero-order valence-electron chi connectivity index (χ0n) is 34.1. The zero-order valence-corrected chi connectivity index (χ0v) is 35.7. The molecule has 9 rings (SSSR count). The maximum atomic E-state index is 13.9. The fourth-order valence-corrected chi connectivity index (χ4v) is 10.5. The van der Waals surface area contributed by atoms with Gasteiger partial charge in [0.15, 0.2) is 4.90 Å². The van der Waals surface area contributed by atoms with E-state index in [2.05, 4.69) is 37.0 Å². The van der Waals surface area contributed by atoms with Crippen LogP contribution in [0.4, 0.5) is 11.4 Å². The Morgan fingerprint density at radius 3 is 2.57 bits per heavy atom. The summed E-state index contributed by atoms with van der Waals surface area (Å²) in [6.07, 6.45) is 14.7. The predicted molar refractivity (Wildman–Crippen MR) is 239 cm³/mol. The summed E-state index contributed by atoms with van der Waals surface area (Å²) in [6.45, 7) is 4.79. The highest BCUT2D eigenvalue weighted by molar-refractivity contribution is 7.90. The van der Waals surface area contributed by atoms with Crippen molar-refractivity contribution in [1.82, 2.24) is 19.6 Å². The molecule has 318 valence electrons. The van der Waals surface area contributed by atoms with Crippen LogP contribution in [0, 0.1) is 21.4 Å². The van der Waals surface area contributed by atoms with Gasteiger partial charge in [0, 0.05) is 42.9 Å². The summed E-state index contributed by atoms with van der Waals surface area (Å²) in [5.41, 5.74) is 6.95. The molecule has 0 radical (unpaired) electrons. The molecule has 1 saturated carbocycles. The van der Waals surface area contributed by atoms with Gasteiger partial charge >= 0.3 is 0 Å². The highest BCUT2D eigenvalue weighted by Gasteiger charge is 2.41. The van der Waals surface area contributed by atoms with E-state index in [1.807, 2.05) is 36.4 Å². The highest BCUT2D eigenvalue weighted by Crippen LogP contribution is 2.55. The van der Waals surface area contributed by atoms with Gasteiger partial charge in [-0.05, 0) is 153 Å². The maximum Gasteiger partial charge on any atom is 0.297 e. The van der Waals surface area contributed by atoms with Crippen LogP contribution in [-0.4, -0.2) is 69.6 Å². The summed E-state index contributed by atoms with van der Waals surface area (Å²) in [7, 11) is 0. The van der Waals surface area contributed by atoms with Crippen molar-refractivity contribution in [3.63, 3.8) is 0 Å². The van der Waals surface area contributed by atoms with Crippen LogP contribution in [0.3, 0.4) is 0 Å². The molecule has 3 N–H and O–H groups in total. The Hall–Kier alpha value is -4.92. The largest absolute Gasteiger partial charge is 0.588 e. The summed E-state index contributed by atoms with van der Waals surface area (Å²) < 4.78 is 28.0. The van der Waals surface area contributed by atoms with Crippen molar-refractivity contribution < 1.29 is 23.7 Å². The van der Waals surface area contributed by atoms with Gasteiger partial charge in [-0.25, -0.2) is 4.98 Å². The molecule has 2 aliphatic heterocycles. The van der Waals surface area contributed by atoms with Crippen LogP contribution in [-0.2, 0) is 16.1 Å². The lowest BCUT2D eigenvalue weighted by molar-refractivity contribution is -0.384. The summed E-state index contributed by atoms with van der Waals surface area (Å²) in [6, 6.07) is 22.1. The lowest BCUT2D eigenvalue weighted by Crippen LogP contribution is -2.37. The van der Waals surface area contributed by atoms with Crippen molar-refractivity contribution in [1.29, 1.82) is 0 Å². The Morgan fingerprint density at radius 2 is 1.82 bits per heavy atom. The highest BCUT2D eigenvalue weighted by atomic mass is 35.5. The van der Waals surface area contributed by atoms with Gasteiger partial charge in [-0.1, -0.05) is 41.8 Å². The molecule has 12 nitrogen and oxygen atoms in total. The number of pyridine rings is 1. The predicted octanol–water partition coefficient (Wildman–Crippen LogP) is 10.2. The third kappa shape index (κ3) is 9.46. The maximum absolute atomic E-state index is 13.9. The average Bonchev–Trinajstić information content (AvgIpc) is 3.74. The van der Waals surface area contributed by atoms with Crippen LogP contribution in [0.25, 0.3) is 16.6 Å². The van der Waals surface area contributed by atoms with Gasteiger partial charge in [0.2, 0.25) is 0 Å². The van der Waals surface area contributed by atoms with E-state index in [1.54, 1.807) is 30.1 Å². The molecule has 1 unspecified atom stereocenters. The first-order chi connectivity index (χ1) is 29.7. The zero-order chi connectivity index (χ0) is 41.9. The molecule has 2 saturated heterocycles. The van der Waals surface area contributed by atoms with Gasteiger partial charge in [-0.15, -0.1) is 0 Å². The van der Waals surface area contributed by atoms with E-state index in [1.165, 1.54) is 49.0 Å². The molecule has 61 heavy (non-hydrogen) atoms. The number of nitrogens with one attached hydrogen (secondary N) is 3. The number of piperidine rings is 1. The van der Waals surface area contributed by atoms with Gasteiger partial charge in [0.25, 0.3) is 11.6 Å². The number of carbonyl (C=O) groups is 1. The average molecular weight is 863 g/mol. The summed E-state index contributed by atoms with van der Waals surface area (Å²) in [5.74, 6) is 0.736. The SMILES string of the molecule is O=C(N[S+]([O-])c1ccc(NCC2CCOCC2)c([N+](=O)[O-])c1)c1ccc(C2CCN(CC3=C(c4ccc(Cl)cc4)CC4(CCC4)CC3)CC2)cc1Oc1cnc2[nH]ccc2c1. The van der Waals surface area contributed by atoms with Crippen LogP contribution in [0.2, 0.25) is 5.02 Å². The smallest absolute Gasteiger partial charge is 0.297 e. The van der Waals surface area contributed by atoms with Crippen molar-refractivity contribution in [3.05, 3.63) is 123 Å². The molecule has 2 aliphatic carbocycles. The molecule has 2 aromatic heterocycles. The third-order valence-electron chi connectivity index (χ3n) is 13.4. The van der Waals surface area contributed by atoms with E-state index < -0.39 is 22.2 Å². The number of hydrogen-bond donors (Lipinski definition) is 3. The minimum atomic E-state index is -2.10. The first kappa shape index (κ1) is 41.4. The van der Waals surface area contributed by atoms with E-state index >= 15 is 0 Å². The molecule has 1 spiro atoms. The molecule has 4 heterocycles. The van der Waals surface area contributed by atoms with Crippen molar-refractivity contribution in [2.24, 2.45) is 11.3 Å². The minimum absolute atomic E-state index is 0.108. The van der Waals surface area contributed by atoms with Crippen molar-refractivity contribution in [3.8, 4) is 11.5 Å². The number of halogens is 1. The lowest BCUT2D eigenvalue weighted by Gasteiger charge is -2.47. The molecule has 3 aromatic carbocycles. The second-order valence-corrected chi connectivity index (χ2v) is 18.8. The van der Waals surface area contributed by atoms with Gasteiger partial charge in [-0.3, -0.25) is 19.8 Å². The van der Waals surface area contributed by atoms with E-state index in [0.29, 0.717) is 53.9 Å². The van der Waals surface area contributed by atoms with Crippen LogP contribution in [0.15, 0.2) is 95.7 Å². The Bertz CT molecular complexity index is 2420. The lowest BCUT2D eigenvalue weighted by atomic mass is 9.59. The first-order valence-electron chi connectivity index (χ1n) is 21.5. The molecule has 14 heteroatoms. The molecule has 1 atom stereocenters. The third-order valence-corrected chi connectivity index (χ3v) is 14.7. The van der Waals surface area contributed by atoms with E-state index in [0.717, 1.165) is 74.1 Å². The number of amides is 1. The van der Waals surface area contributed by atoms with Crippen LogP contribution < -0.4 is 14.8 Å². The molecule has 0 bridgehead atoms.